The largest absolute Gasteiger partial charge is 0.340 e. The maximum absolute atomic E-state index is 12.1. The van der Waals surface area contributed by atoms with E-state index in [2.05, 4.69) is 24.3 Å². The molecule has 4 nitrogen and oxygen atoms in total. The average Bonchev–Trinajstić information content (AvgIpc) is 2.88. The number of carbonyl (C=O) groups is 1. The van der Waals surface area contributed by atoms with E-state index in [1.165, 1.54) is 0 Å². The van der Waals surface area contributed by atoms with Crippen molar-refractivity contribution >= 4 is 18.3 Å². The van der Waals surface area contributed by atoms with Crippen molar-refractivity contribution in [3.05, 3.63) is 0 Å². The maximum Gasteiger partial charge on any atom is 0.239 e. The van der Waals surface area contributed by atoms with E-state index in [0.717, 1.165) is 38.9 Å². The second-order valence-corrected chi connectivity index (χ2v) is 4.84. The first-order valence-electron chi connectivity index (χ1n) is 5.87. The van der Waals surface area contributed by atoms with Crippen molar-refractivity contribution in [3.8, 4) is 0 Å². The Kier molecular flexibility index (Phi) is 5.02. The van der Waals surface area contributed by atoms with Gasteiger partial charge in [0, 0.05) is 19.1 Å². The fourth-order valence-corrected chi connectivity index (χ4v) is 2.48. The number of nitrogens with one attached hydrogen (secondary N) is 1. The van der Waals surface area contributed by atoms with Crippen LogP contribution in [0.2, 0.25) is 0 Å². The molecule has 0 saturated carbocycles. The normalized spacial score (nSPS) is 29.6. The Bertz CT molecular complexity index is 241. The van der Waals surface area contributed by atoms with E-state index in [0.29, 0.717) is 11.9 Å². The Morgan fingerprint density at radius 2 is 2.12 bits per heavy atom. The van der Waals surface area contributed by atoms with Gasteiger partial charge in [-0.2, -0.15) is 0 Å². The number of hydrogen-bond acceptors (Lipinski definition) is 3. The fraction of sp³-hybridized carbons (Fsp3) is 0.909. The third-order valence-corrected chi connectivity index (χ3v) is 3.56. The molecule has 16 heavy (non-hydrogen) atoms. The molecule has 2 heterocycles. The van der Waals surface area contributed by atoms with Crippen molar-refractivity contribution < 1.29 is 4.79 Å². The fourth-order valence-electron chi connectivity index (χ4n) is 2.48. The first kappa shape index (κ1) is 13.7. The van der Waals surface area contributed by atoms with E-state index in [4.69, 9.17) is 0 Å². The second kappa shape index (κ2) is 5.84. The van der Waals surface area contributed by atoms with E-state index in [1.54, 1.807) is 0 Å². The molecule has 0 bridgehead atoms. The summed E-state index contributed by atoms with van der Waals surface area (Å²) >= 11 is 0. The molecule has 0 spiro atoms. The Morgan fingerprint density at radius 1 is 1.38 bits per heavy atom. The van der Waals surface area contributed by atoms with Crippen LogP contribution in [0.25, 0.3) is 0 Å². The summed E-state index contributed by atoms with van der Waals surface area (Å²) in [6.45, 7) is 2.84. The van der Waals surface area contributed by atoms with Crippen molar-refractivity contribution in [2.24, 2.45) is 0 Å². The molecule has 0 aliphatic carbocycles. The molecule has 2 atom stereocenters. The highest BCUT2D eigenvalue weighted by molar-refractivity contribution is 5.85. The summed E-state index contributed by atoms with van der Waals surface area (Å²) in [7, 11) is 4.18. The summed E-state index contributed by atoms with van der Waals surface area (Å²) in [5, 5.41) is 3.27. The van der Waals surface area contributed by atoms with Gasteiger partial charge in [0.15, 0.2) is 0 Å². The lowest BCUT2D eigenvalue weighted by atomic mass is 10.2. The van der Waals surface area contributed by atoms with Gasteiger partial charge in [0.2, 0.25) is 5.91 Å². The zero-order valence-corrected chi connectivity index (χ0v) is 10.9. The highest BCUT2D eigenvalue weighted by Crippen LogP contribution is 2.16. The van der Waals surface area contributed by atoms with Gasteiger partial charge in [-0.25, -0.2) is 0 Å². The lowest BCUT2D eigenvalue weighted by Gasteiger charge is -2.22. The summed E-state index contributed by atoms with van der Waals surface area (Å²) in [5.74, 6) is 0.317. The van der Waals surface area contributed by atoms with Crippen molar-refractivity contribution in [1.29, 1.82) is 0 Å². The SMILES string of the molecule is CN(C)C1CCN(C(=O)C2CCCN2)C1.Cl. The summed E-state index contributed by atoms with van der Waals surface area (Å²) in [6, 6.07) is 0.654. The molecular weight excluding hydrogens is 226 g/mol. The van der Waals surface area contributed by atoms with Crippen LogP contribution in [0.4, 0.5) is 0 Å². The molecule has 2 aliphatic heterocycles. The van der Waals surface area contributed by atoms with E-state index >= 15 is 0 Å². The van der Waals surface area contributed by atoms with Crippen molar-refractivity contribution in [3.63, 3.8) is 0 Å². The van der Waals surface area contributed by atoms with Crippen molar-refractivity contribution in [1.82, 2.24) is 15.1 Å². The van der Waals surface area contributed by atoms with Crippen molar-refractivity contribution in [2.45, 2.75) is 31.3 Å². The highest BCUT2D eigenvalue weighted by atomic mass is 35.5. The van der Waals surface area contributed by atoms with Crippen LogP contribution in [0.15, 0.2) is 0 Å². The lowest BCUT2D eigenvalue weighted by molar-refractivity contribution is -0.132. The molecule has 1 N–H and O–H groups in total. The predicted molar refractivity (Wildman–Crippen MR) is 66.9 cm³/mol. The molecule has 2 rings (SSSR count). The maximum atomic E-state index is 12.1. The smallest absolute Gasteiger partial charge is 0.239 e. The summed E-state index contributed by atoms with van der Waals surface area (Å²) in [4.78, 5) is 16.3. The molecule has 5 heteroatoms. The van der Waals surface area contributed by atoms with Crippen LogP contribution in [0.5, 0.6) is 0 Å². The second-order valence-electron chi connectivity index (χ2n) is 4.84. The van der Waals surface area contributed by atoms with Crippen LogP contribution >= 0.6 is 12.4 Å². The summed E-state index contributed by atoms with van der Waals surface area (Å²) < 4.78 is 0. The summed E-state index contributed by atoms with van der Waals surface area (Å²) in [6.07, 6.45) is 3.27. The van der Waals surface area contributed by atoms with Gasteiger partial charge in [-0.05, 0) is 39.9 Å². The predicted octanol–water partition coefficient (Wildman–Crippen LogP) is 0.323. The lowest BCUT2D eigenvalue weighted by Crippen LogP contribution is -2.43. The van der Waals surface area contributed by atoms with Crippen LogP contribution < -0.4 is 5.32 Å². The Hall–Kier alpha value is -0.320. The van der Waals surface area contributed by atoms with Gasteiger partial charge >= 0.3 is 0 Å². The highest BCUT2D eigenvalue weighted by Gasteiger charge is 2.32. The van der Waals surface area contributed by atoms with Crippen LogP contribution in [0, 0.1) is 0 Å². The third kappa shape index (κ3) is 2.87. The Labute approximate surface area is 104 Å². The molecule has 0 aromatic rings. The Balaban J connectivity index is 0.00000128. The molecular formula is C11H22ClN3O. The number of hydrogen-bond donors (Lipinski definition) is 1. The van der Waals surface area contributed by atoms with E-state index < -0.39 is 0 Å². The van der Waals surface area contributed by atoms with Crippen LogP contribution in [-0.4, -0.2) is 61.5 Å². The molecule has 0 aromatic heterocycles. The van der Waals surface area contributed by atoms with Gasteiger partial charge in [-0.3, -0.25) is 4.79 Å². The van der Waals surface area contributed by atoms with Gasteiger partial charge < -0.3 is 15.1 Å². The van der Waals surface area contributed by atoms with Crippen molar-refractivity contribution in [2.75, 3.05) is 33.7 Å². The molecule has 0 aromatic carbocycles. The number of halogens is 1. The number of carbonyl (C=O) groups excluding carboxylic acids is 1. The number of rotatable bonds is 2. The van der Waals surface area contributed by atoms with Gasteiger partial charge in [-0.15, -0.1) is 12.4 Å². The monoisotopic (exact) mass is 247 g/mol. The van der Waals surface area contributed by atoms with E-state index in [-0.39, 0.29) is 18.4 Å². The molecule has 2 saturated heterocycles. The van der Waals surface area contributed by atoms with Gasteiger partial charge in [0.1, 0.15) is 0 Å². The van der Waals surface area contributed by atoms with Crippen LogP contribution in [0.1, 0.15) is 19.3 Å². The molecule has 2 fully saturated rings. The first-order valence-corrected chi connectivity index (χ1v) is 5.87. The summed E-state index contributed by atoms with van der Waals surface area (Å²) in [5.41, 5.74) is 0. The standard InChI is InChI=1S/C11H21N3O.ClH/c1-13(2)9-5-7-14(8-9)11(15)10-4-3-6-12-10;/h9-10,12H,3-8H2,1-2H3;1H. The van der Waals surface area contributed by atoms with E-state index in [1.807, 2.05) is 4.90 Å². The molecule has 94 valence electrons. The van der Waals surface area contributed by atoms with Gasteiger partial charge in [0.05, 0.1) is 6.04 Å². The third-order valence-electron chi connectivity index (χ3n) is 3.56. The van der Waals surface area contributed by atoms with Crippen LogP contribution in [-0.2, 0) is 4.79 Å². The number of likely N-dealkylation sites (tertiary alicyclic amines) is 1. The number of likely N-dealkylation sites (N-methyl/N-ethyl adjacent to an activating group) is 1. The van der Waals surface area contributed by atoms with Gasteiger partial charge in [-0.1, -0.05) is 0 Å². The minimum Gasteiger partial charge on any atom is -0.340 e. The zero-order chi connectivity index (χ0) is 10.8. The van der Waals surface area contributed by atoms with Crippen LogP contribution in [0.3, 0.4) is 0 Å². The minimum atomic E-state index is 0. The minimum absolute atomic E-state index is 0. The molecule has 2 unspecified atom stereocenters. The molecule has 2 aliphatic rings. The molecule has 1 amide bonds. The number of amides is 1. The average molecular weight is 248 g/mol. The van der Waals surface area contributed by atoms with E-state index in [9.17, 15) is 4.79 Å². The number of nitrogens with zero attached hydrogens (tertiary/aromatic N) is 2. The molecule has 0 radical (unpaired) electrons. The zero-order valence-electron chi connectivity index (χ0n) is 10.1. The van der Waals surface area contributed by atoms with Gasteiger partial charge in [0.25, 0.3) is 0 Å². The quantitative estimate of drug-likeness (QED) is 0.764. The first-order chi connectivity index (χ1) is 7.18. The topological polar surface area (TPSA) is 35.6 Å². The Morgan fingerprint density at radius 3 is 2.62 bits per heavy atom.